The van der Waals surface area contributed by atoms with Gasteiger partial charge in [-0.3, -0.25) is 4.79 Å². The molecule has 0 radical (unpaired) electrons. The van der Waals surface area contributed by atoms with E-state index in [1.54, 1.807) is 0 Å². The molecule has 0 aromatic heterocycles. The van der Waals surface area contributed by atoms with Crippen molar-refractivity contribution in [3.8, 4) is 5.75 Å². The summed E-state index contributed by atoms with van der Waals surface area (Å²) >= 11 is 0. The molecule has 0 fully saturated rings. The Bertz CT molecular complexity index is 626. The molecule has 20 heavy (non-hydrogen) atoms. The summed E-state index contributed by atoms with van der Waals surface area (Å²) in [4.78, 5) is 11.9. The molecule has 0 atom stereocenters. The maximum Gasteiger partial charge on any atom is 0.163 e. The van der Waals surface area contributed by atoms with Gasteiger partial charge in [0, 0.05) is 12.0 Å². The SMILES string of the molecule is Cc1ccc(COc2ccc3c(c2)C(=O)CCC3)cc1. The van der Waals surface area contributed by atoms with Gasteiger partial charge in [0.25, 0.3) is 0 Å². The van der Waals surface area contributed by atoms with Gasteiger partial charge in [-0.2, -0.15) is 0 Å². The van der Waals surface area contributed by atoms with Crippen LogP contribution in [0.1, 0.15) is 39.9 Å². The van der Waals surface area contributed by atoms with Gasteiger partial charge >= 0.3 is 0 Å². The van der Waals surface area contributed by atoms with E-state index in [9.17, 15) is 4.79 Å². The molecule has 1 aliphatic rings. The van der Waals surface area contributed by atoms with Crippen LogP contribution in [0.3, 0.4) is 0 Å². The first-order valence-electron chi connectivity index (χ1n) is 7.07. The zero-order valence-corrected chi connectivity index (χ0v) is 11.7. The van der Waals surface area contributed by atoms with Gasteiger partial charge in [-0.05, 0) is 43.0 Å². The molecule has 2 aromatic carbocycles. The first-order chi connectivity index (χ1) is 9.72. The molecule has 0 bridgehead atoms. The van der Waals surface area contributed by atoms with E-state index >= 15 is 0 Å². The van der Waals surface area contributed by atoms with Crippen molar-refractivity contribution in [2.24, 2.45) is 0 Å². The molecule has 0 saturated heterocycles. The number of hydrogen-bond acceptors (Lipinski definition) is 2. The van der Waals surface area contributed by atoms with Crippen LogP contribution in [0, 0.1) is 6.92 Å². The standard InChI is InChI=1S/C18H18O2/c1-13-5-7-14(8-6-13)12-20-16-10-9-15-3-2-4-18(19)17(15)11-16/h5-11H,2-4,12H2,1H3. The van der Waals surface area contributed by atoms with Gasteiger partial charge in [-0.25, -0.2) is 0 Å². The van der Waals surface area contributed by atoms with E-state index in [1.165, 1.54) is 5.56 Å². The van der Waals surface area contributed by atoms with Crippen LogP contribution in [0.25, 0.3) is 0 Å². The van der Waals surface area contributed by atoms with E-state index in [0.29, 0.717) is 13.0 Å². The van der Waals surface area contributed by atoms with Gasteiger partial charge in [-0.15, -0.1) is 0 Å². The summed E-state index contributed by atoms with van der Waals surface area (Å²) in [5.41, 5.74) is 4.38. The van der Waals surface area contributed by atoms with E-state index in [4.69, 9.17) is 4.74 Å². The van der Waals surface area contributed by atoms with Crippen LogP contribution >= 0.6 is 0 Å². The summed E-state index contributed by atoms with van der Waals surface area (Å²) < 4.78 is 5.79. The number of hydrogen-bond donors (Lipinski definition) is 0. The van der Waals surface area contributed by atoms with Crippen molar-refractivity contribution in [1.82, 2.24) is 0 Å². The zero-order valence-electron chi connectivity index (χ0n) is 11.7. The molecule has 0 spiro atoms. The van der Waals surface area contributed by atoms with E-state index < -0.39 is 0 Å². The first kappa shape index (κ1) is 12.9. The lowest BCUT2D eigenvalue weighted by atomic mass is 9.90. The Balaban J connectivity index is 1.73. The Labute approximate surface area is 119 Å². The fourth-order valence-electron chi connectivity index (χ4n) is 2.55. The van der Waals surface area contributed by atoms with E-state index in [-0.39, 0.29) is 5.78 Å². The molecule has 1 aliphatic carbocycles. The Hall–Kier alpha value is -2.09. The quantitative estimate of drug-likeness (QED) is 0.836. The minimum atomic E-state index is 0.243. The summed E-state index contributed by atoms with van der Waals surface area (Å²) in [5.74, 6) is 1.02. The number of aryl methyl sites for hydroxylation is 2. The molecule has 0 aliphatic heterocycles. The molecule has 0 amide bonds. The maximum atomic E-state index is 11.9. The van der Waals surface area contributed by atoms with Crippen LogP contribution in [0.2, 0.25) is 0 Å². The third kappa shape index (κ3) is 2.74. The molecule has 0 heterocycles. The lowest BCUT2D eigenvalue weighted by molar-refractivity contribution is 0.0972. The smallest absolute Gasteiger partial charge is 0.163 e. The molecule has 3 rings (SSSR count). The van der Waals surface area contributed by atoms with Crippen LogP contribution in [0.5, 0.6) is 5.75 Å². The van der Waals surface area contributed by atoms with Gasteiger partial charge in [0.1, 0.15) is 12.4 Å². The van der Waals surface area contributed by atoms with Crippen LogP contribution in [0.15, 0.2) is 42.5 Å². The van der Waals surface area contributed by atoms with Crippen molar-refractivity contribution in [2.45, 2.75) is 32.8 Å². The maximum absolute atomic E-state index is 11.9. The Kier molecular flexibility index (Phi) is 3.55. The molecule has 0 N–H and O–H groups in total. The van der Waals surface area contributed by atoms with E-state index in [2.05, 4.69) is 31.2 Å². The van der Waals surface area contributed by atoms with Crippen LogP contribution in [0.4, 0.5) is 0 Å². The summed E-state index contributed by atoms with van der Waals surface area (Å²) in [6, 6.07) is 14.2. The van der Waals surface area contributed by atoms with Crippen molar-refractivity contribution >= 4 is 5.78 Å². The van der Waals surface area contributed by atoms with Gasteiger partial charge < -0.3 is 4.74 Å². The Morgan fingerprint density at radius 1 is 1.05 bits per heavy atom. The second-order valence-electron chi connectivity index (χ2n) is 5.37. The fourth-order valence-corrected chi connectivity index (χ4v) is 2.55. The molecule has 2 heteroatoms. The fraction of sp³-hybridized carbons (Fsp3) is 0.278. The Morgan fingerprint density at radius 2 is 1.85 bits per heavy atom. The molecule has 102 valence electrons. The number of ketones is 1. The second-order valence-corrected chi connectivity index (χ2v) is 5.37. The molecular weight excluding hydrogens is 248 g/mol. The summed E-state index contributed by atoms with van der Waals surface area (Å²) in [7, 11) is 0. The van der Waals surface area contributed by atoms with E-state index in [1.807, 2.05) is 18.2 Å². The average molecular weight is 266 g/mol. The minimum absolute atomic E-state index is 0.243. The highest BCUT2D eigenvalue weighted by molar-refractivity contribution is 5.98. The van der Waals surface area contributed by atoms with Crippen molar-refractivity contribution in [3.63, 3.8) is 0 Å². The van der Waals surface area contributed by atoms with Crippen LogP contribution in [-0.2, 0) is 13.0 Å². The van der Waals surface area contributed by atoms with E-state index in [0.717, 1.165) is 35.3 Å². The van der Waals surface area contributed by atoms with Crippen molar-refractivity contribution in [2.75, 3.05) is 0 Å². The topological polar surface area (TPSA) is 26.3 Å². The number of Topliss-reactive ketones (excluding diaryl/α,β-unsaturated/α-hetero) is 1. The molecule has 0 saturated carbocycles. The lowest BCUT2D eigenvalue weighted by Gasteiger charge is -2.16. The lowest BCUT2D eigenvalue weighted by Crippen LogP contribution is -2.10. The largest absolute Gasteiger partial charge is 0.489 e. The van der Waals surface area contributed by atoms with Crippen LogP contribution in [-0.4, -0.2) is 5.78 Å². The average Bonchev–Trinajstić information content (AvgIpc) is 2.47. The van der Waals surface area contributed by atoms with Gasteiger partial charge in [0.2, 0.25) is 0 Å². The number of carbonyl (C=O) groups excluding carboxylic acids is 1. The highest BCUT2D eigenvalue weighted by Gasteiger charge is 2.17. The highest BCUT2D eigenvalue weighted by atomic mass is 16.5. The predicted octanol–water partition coefficient (Wildman–Crippen LogP) is 4.09. The van der Waals surface area contributed by atoms with Crippen molar-refractivity contribution in [3.05, 3.63) is 64.7 Å². The number of carbonyl (C=O) groups is 1. The molecule has 2 aromatic rings. The number of fused-ring (bicyclic) bond motifs is 1. The van der Waals surface area contributed by atoms with Gasteiger partial charge in [-0.1, -0.05) is 35.9 Å². The molecule has 0 unspecified atom stereocenters. The third-order valence-electron chi connectivity index (χ3n) is 3.76. The molecular formula is C18H18O2. The Morgan fingerprint density at radius 3 is 2.65 bits per heavy atom. The highest BCUT2D eigenvalue weighted by Crippen LogP contribution is 2.25. The third-order valence-corrected chi connectivity index (χ3v) is 3.76. The molecule has 2 nitrogen and oxygen atoms in total. The summed E-state index contributed by atoms with van der Waals surface area (Å²) in [6.45, 7) is 2.60. The number of rotatable bonds is 3. The number of ether oxygens (including phenoxy) is 1. The van der Waals surface area contributed by atoms with Crippen molar-refractivity contribution < 1.29 is 9.53 Å². The summed E-state index contributed by atoms with van der Waals surface area (Å²) in [5, 5.41) is 0. The summed E-state index contributed by atoms with van der Waals surface area (Å²) in [6.07, 6.45) is 2.63. The zero-order chi connectivity index (χ0) is 13.9. The normalized spacial score (nSPS) is 13.9. The first-order valence-corrected chi connectivity index (χ1v) is 7.07. The van der Waals surface area contributed by atoms with Crippen molar-refractivity contribution in [1.29, 1.82) is 0 Å². The van der Waals surface area contributed by atoms with Crippen LogP contribution < -0.4 is 4.74 Å². The monoisotopic (exact) mass is 266 g/mol. The second kappa shape index (κ2) is 5.49. The number of benzene rings is 2. The predicted molar refractivity (Wildman–Crippen MR) is 79.2 cm³/mol. The van der Waals surface area contributed by atoms with Gasteiger partial charge in [0.05, 0.1) is 0 Å². The minimum Gasteiger partial charge on any atom is -0.489 e. The van der Waals surface area contributed by atoms with Gasteiger partial charge in [0.15, 0.2) is 5.78 Å².